The zero-order valence-corrected chi connectivity index (χ0v) is 15.0. The molecule has 2 fully saturated rings. The summed E-state index contributed by atoms with van der Waals surface area (Å²) in [5.74, 6) is -2.88. The van der Waals surface area contributed by atoms with E-state index in [2.05, 4.69) is 0 Å². The molecule has 0 aromatic heterocycles. The van der Waals surface area contributed by atoms with E-state index in [9.17, 15) is 23.2 Å². The summed E-state index contributed by atoms with van der Waals surface area (Å²) in [6.07, 6.45) is -0.378. The summed E-state index contributed by atoms with van der Waals surface area (Å²) < 4.78 is 31.2. The molecule has 0 aliphatic carbocycles. The molecule has 1 aromatic carbocycles. The van der Waals surface area contributed by atoms with Crippen LogP contribution < -0.4 is 0 Å². The monoisotopic (exact) mass is 381 g/mol. The van der Waals surface area contributed by atoms with Crippen LogP contribution in [0.5, 0.6) is 0 Å². The number of ether oxygens (including phenoxy) is 1. The van der Waals surface area contributed by atoms with Crippen LogP contribution in [0.4, 0.5) is 13.6 Å². The van der Waals surface area contributed by atoms with E-state index in [1.54, 1.807) is 16.7 Å². The largest absolute Gasteiger partial charge is 0.450 e. The predicted octanol–water partition coefficient (Wildman–Crippen LogP) is 1.34. The molecule has 0 atom stereocenters. The first-order chi connectivity index (χ1) is 12.9. The van der Waals surface area contributed by atoms with Gasteiger partial charge in [0.05, 0.1) is 12.5 Å². The van der Waals surface area contributed by atoms with Crippen molar-refractivity contribution in [3.63, 3.8) is 0 Å². The van der Waals surface area contributed by atoms with Crippen LogP contribution in [0.3, 0.4) is 0 Å². The zero-order valence-electron chi connectivity index (χ0n) is 15.0. The van der Waals surface area contributed by atoms with Gasteiger partial charge in [-0.15, -0.1) is 0 Å². The fraction of sp³-hybridized carbons (Fsp3) is 0.500. The van der Waals surface area contributed by atoms with Gasteiger partial charge in [0, 0.05) is 44.8 Å². The first-order valence-electron chi connectivity index (χ1n) is 8.85. The van der Waals surface area contributed by atoms with Crippen LogP contribution >= 0.6 is 0 Å². The fourth-order valence-electron chi connectivity index (χ4n) is 3.19. The van der Waals surface area contributed by atoms with Crippen LogP contribution in [0, 0.1) is 17.6 Å². The van der Waals surface area contributed by atoms with Gasteiger partial charge < -0.3 is 19.4 Å². The van der Waals surface area contributed by atoms with Gasteiger partial charge in [-0.2, -0.15) is 0 Å². The summed E-state index contributed by atoms with van der Waals surface area (Å²) in [6.45, 7) is 4.20. The summed E-state index contributed by atoms with van der Waals surface area (Å²) in [5, 5.41) is 0. The molecule has 2 aliphatic rings. The Bertz CT molecular complexity index is 744. The second kappa shape index (κ2) is 7.89. The van der Waals surface area contributed by atoms with E-state index < -0.39 is 17.5 Å². The maximum atomic E-state index is 13.3. The van der Waals surface area contributed by atoms with E-state index in [-0.39, 0.29) is 36.6 Å². The van der Waals surface area contributed by atoms with Gasteiger partial charge >= 0.3 is 6.09 Å². The number of amides is 3. The molecule has 0 radical (unpaired) electrons. The fourth-order valence-corrected chi connectivity index (χ4v) is 3.19. The lowest BCUT2D eigenvalue weighted by Gasteiger charge is -2.42. The van der Waals surface area contributed by atoms with Gasteiger partial charge in [-0.1, -0.05) is 0 Å². The molecule has 0 unspecified atom stereocenters. The lowest BCUT2D eigenvalue weighted by atomic mass is 9.96. The average Bonchev–Trinajstić information content (AvgIpc) is 2.63. The second-order valence-electron chi connectivity index (χ2n) is 6.55. The molecule has 0 saturated carbocycles. The Hall–Kier alpha value is -2.71. The van der Waals surface area contributed by atoms with E-state index in [4.69, 9.17) is 4.74 Å². The topological polar surface area (TPSA) is 70.2 Å². The number of hydrogen-bond acceptors (Lipinski definition) is 4. The Morgan fingerprint density at radius 3 is 2.22 bits per heavy atom. The van der Waals surface area contributed by atoms with Crippen molar-refractivity contribution in [1.82, 2.24) is 14.7 Å². The van der Waals surface area contributed by atoms with Gasteiger partial charge in [0.2, 0.25) is 5.91 Å². The molecule has 7 nitrogen and oxygen atoms in total. The molecule has 0 N–H and O–H groups in total. The van der Waals surface area contributed by atoms with E-state index in [0.29, 0.717) is 32.8 Å². The van der Waals surface area contributed by atoms with Gasteiger partial charge in [0.15, 0.2) is 11.6 Å². The van der Waals surface area contributed by atoms with Crippen molar-refractivity contribution in [3.05, 3.63) is 35.4 Å². The van der Waals surface area contributed by atoms with E-state index >= 15 is 0 Å². The number of nitrogens with zero attached hydrogens (tertiary/aromatic N) is 3. The number of halogens is 2. The van der Waals surface area contributed by atoms with Crippen molar-refractivity contribution in [2.24, 2.45) is 5.92 Å². The highest BCUT2D eigenvalue weighted by Gasteiger charge is 2.39. The maximum absolute atomic E-state index is 13.3. The molecule has 1 aromatic rings. The first-order valence-corrected chi connectivity index (χ1v) is 8.85. The predicted molar refractivity (Wildman–Crippen MR) is 90.9 cm³/mol. The van der Waals surface area contributed by atoms with Gasteiger partial charge in [0.1, 0.15) is 0 Å². The van der Waals surface area contributed by atoms with Crippen molar-refractivity contribution in [2.75, 3.05) is 45.9 Å². The SMILES string of the molecule is CCOC(=O)N1CCN(C(=O)C2CN(C(=O)c3ccc(F)c(F)c3)C2)CC1. The van der Waals surface area contributed by atoms with Gasteiger partial charge in [0.25, 0.3) is 5.91 Å². The minimum atomic E-state index is -1.08. The van der Waals surface area contributed by atoms with E-state index in [0.717, 1.165) is 12.1 Å². The number of piperazine rings is 1. The van der Waals surface area contributed by atoms with Crippen LogP contribution in [-0.4, -0.2) is 78.5 Å². The second-order valence-corrected chi connectivity index (χ2v) is 6.55. The molecule has 2 heterocycles. The molecule has 0 bridgehead atoms. The first kappa shape index (κ1) is 19.1. The normalized spacial score (nSPS) is 17.5. The number of carbonyl (C=O) groups excluding carboxylic acids is 3. The molecule has 9 heteroatoms. The summed E-state index contributed by atoms with van der Waals surface area (Å²) in [5.41, 5.74) is 0.0582. The van der Waals surface area contributed by atoms with Crippen LogP contribution in [0.15, 0.2) is 18.2 Å². The maximum Gasteiger partial charge on any atom is 0.409 e. The van der Waals surface area contributed by atoms with Crippen LogP contribution in [-0.2, 0) is 9.53 Å². The number of hydrogen-bond donors (Lipinski definition) is 0. The standard InChI is InChI=1S/C18H21F2N3O4/c1-2-27-18(26)22-7-5-21(6-8-22)17(25)13-10-23(11-13)16(24)12-3-4-14(19)15(20)9-12/h3-4,9,13H,2,5-8,10-11H2,1H3. The molecular formula is C18H21F2N3O4. The summed E-state index contributed by atoms with van der Waals surface area (Å²) >= 11 is 0. The Morgan fingerprint density at radius 2 is 1.63 bits per heavy atom. The van der Waals surface area contributed by atoms with Crippen molar-refractivity contribution >= 4 is 17.9 Å². The van der Waals surface area contributed by atoms with Gasteiger partial charge in [-0.25, -0.2) is 13.6 Å². The van der Waals surface area contributed by atoms with Crippen LogP contribution in [0.25, 0.3) is 0 Å². The third kappa shape index (κ3) is 4.01. The molecule has 27 heavy (non-hydrogen) atoms. The Labute approximate surface area is 155 Å². The molecule has 3 rings (SSSR count). The molecule has 2 aliphatic heterocycles. The summed E-state index contributed by atoms with van der Waals surface area (Å²) in [4.78, 5) is 41.2. The summed E-state index contributed by atoms with van der Waals surface area (Å²) in [6, 6.07) is 3.00. The Morgan fingerprint density at radius 1 is 1.00 bits per heavy atom. The quantitative estimate of drug-likeness (QED) is 0.792. The minimum absolute atomic E-state index is 0.0582. The lowest BCUT2D eigenvalue weighted by Crippen LogP contribution is -2.59. The van der Waals surface area contributed by atoms with Crippen molar-refractivity contribution in [1.29, 1.82) is 0 Å². The van der Waals surface area contributed by atoms with Gasteiger partial charge in [-0.05, 0) is 25.1 Å². The molecule has 2 saturated heterocycles. The van der Waals surface area contributed by atoms with Gasteiger partial charge in [-0.3, -0.25) is 9.59 Å². The third-order valence-electron chi connectivity index (χ3n) is 4.80. The number of rotatable bonds is 3. The number of likely N-dealkylation sites (tertiary alicyclic amines) is 1. The molecule has 0 spiro atoms. The van der Waals surface area contributed by atoms with Crippen LogP contribution in [0.2, 0.25) is 0 Å². The third-order valence-corrected chi connectivity index (χ3v) is 4.80. The van der Waals surface area contributed by atoms with Crippen molar-refractivity contribution in [3.8, 4) is 0 Å². The molecule has 146 valence electrons. The molecule has 3 amide bonds. The minimum Gasteiger partial charge on any atom is -0.450 e. The van der Waals surface area contributed by atoms with Crippen molar-refractivity contribution < 1.29 is 27.9 Å². The molecular weight excluding hydrogens is 360 g/mol. The number of carbonyl (C=O) groups is 3. The van der Waals surface area contributed by atoms with E-state index in [1.165, 1.54) is 11.0 Å². The highest BCUT2D eigenvalue weighted by molar-refractivity contribution is 5.96. The highest BCUT2D eigenvalue weighted by atomic mass is 19.2. The Kier molecular flexibility index (Phi) is 5.57. The van der Waals surface area contributed by atoms with Crippen molar-refractivity contribution in [2.45, 2.75) is 6.92 Å². The van der Waals surface area contributed by atoms with E-state index in [1.807, 2.05) is 0 Å². The smallest absolute Gasteiger partial charge is 0.409 e. The highest BCUT2D eigenvalue weighted by Crippen LogP contribution is 2.22. The zero-order chi connectivity index (χ0) is 19.6. The summed E-state index contributed by atoms with van der Waals surface area (Å²) in [7, 11) is 0. The Balaban J connectivity index is 1.48. The van der Waals surface area contributed by atoms with Crippen LogP contribution in [0.1, 0.15) is 17.3 Å². The average molecular weight is 381 g/mol. The number of benzene rings is 1. The lowest BCUT2D eigenvalue weighted by molar-refractivity contribution is -0.141.